The fraction of sp³-hybridized carbons (Fsp3) is 0.265. The van der Waals surface area contributed by atoms with E-state index < -0.39 is 0 Å². The predicted octanol–water partition coefficient (Wildman–Crippen LogP) is 6.51. The quantitative estimate of drug-likeness (QED) is 0.204. The van der Waals surface area contributed by atoms with Gasteiger partial charge >= 0.3 is 0 Å². The Morgan fingerprint density at radius 2 is 1.81 bits per heavy atom. The Labute approximate surface area is 249 Å². The van der Waals surface area contributed by atoms with Crippen LogP contribution in [0, 0.1) is 5.82 Å². The van der Waals surface area contributed by atoms with Crippen molar-refractivity contribution in [2.45, 2.75) is 19.4 Å². The van der Waals surface area contributed by atoms with Crippen molar-refractivity contribution < 1.29 is 9.13 Å². The largest absolute Gasteiger partial charge is 0.492 e. The molecule has 5 heterocycles. The number of rotatable bonds is 9. The zero-order chi connectivity index (χ0) is 29.3. The number of benzene rings is 2. The van der Waals surface area contributed by atoms with Gasteiger partial charge in [-0.2, -0.15) is 5.10 Å². The lowest BCUT2D eigenvalue weighted by Crippen LogP contribution is -2.25. The first-order chi connectivity index (χ1) is 21.0. The number of halogens is 1. The number of aromatic amines is 2. The van der Waals surface area contributed by atoms with Gasteiger partial charge in [0.15, 0.2) is 0 Å². The third-order valence-electron chi connectivity index (χ3n) is 8.03. The fourth-order valence-electron chi connectivity index (χ4n) is 6.00. The molecule has 43 heavy (non-hydrogen) atoms. The molecule has 6 aromatic rings. The highest BCUT2D eigenvalue weighted by molar-refractivity contribution is 6.00. The van der Waals surface area contributed by atoms with Gasteiger partial charge in [-0.15, -0.1) is 0 Å². The summed E-state index contributed by atoms with van der Waals surface area (Å²) in [6.07, 6.45) is 8.01. The highest BCUT2D eigenvalue weighted by Crippen LogP contribution is 2.36. The summed E-state index contributed by atoms with van der Waals surface area (Å²) < 4.78 is 20.8. The molecule has 1 fully saturated rings. The molecule has 9 heteroatoms. The van der Waals surface area contributed by atoms with E-state index in [1.165, 1.54) is 18.9 Å². The van der Waals surface area contributed by atoms with E-state index in [4.69, 9.17) is 4.74 Å². The Bertz CT molecular complexity index is 1900. The minimum atomic E-state index is -0.329. The minimum absolute atomic E-state index is 0.329. The van der Waals surface area contributed by atoms with E-state index in [-0.39, 0.29) is 5.82 Å². The molecule has 2 N–H and O–H groups in total. The maximum atomic E-state index is 14.8. The number of pyridine rings is 2. The third kappa shape index (κ3) is 5.74. The fourth-order valence-corrected chi connectivity index (χ4v) is 6.00. The molecule has 218 valence electrons. The second-order valence-electron chi connectivity index (χ2n) is 11.5. The number of nitrogens with zero attached hydrogens (tertiary/aromatic N) is 5. The summed E-state index contributed by atoms with van der Waals surface area (Å²) in [5, 5.41) is 9.70. The number of ether oxygens (including phenoxy) is 1. The number of hydrogen-bond donors (Lipinski definition) is 2. The van der Waals surface area contributed by atoms with Gasteiger partial charge in [0, 0.05) is 54.1 Å². The summed E-state index contributed by atoms with van der Waals surface area (Å²) in [6, 6.07) is 17.3. The van der Waals surface area contributed by atoms with Crippen molar-refractivity contribution in [3.63, 3.8) is 0 Å². The van der Waals surface area contributed by atoms with Crippen molar-refractivity contribution in [2.75, 3.05) is 40.3 Å². The van der Waals surface area contributed by atoms with Crippen LogP contribution in [0.15, 0.2) is 73.2 Å². The van der Waals surface area contributed by atoms with Gasteiger partial charge < -0.3 is 14.6 Å². The number of H-pyrrole nitrogens is 2. The zero-order valence-corrected chi connectivity index (χ0v) is 24.4. The topological polar surface area (TPSA) is 86.0 Å². The molecule has 0 unspecified atom stereocenters. The first-order valence-corrected chi connectivity index (χ1v) is 14.7. The lowest BCUT2D eigenvalue weighted by molar-refractivity contribution is 0.237. The predicted molar refractivity (Wildman–Crippen MR) is 168 cm³/mol. The van der Waals surface area contributed by atoms with Crippen molar-refractivity contribution >= 4 is 21.9 Å². The number of nitrogens with one attached hydrogen (secondary N) is 2. The van der Waals surface area contributed by atoms with Gasteiger partial charge in [0.1, 0.15) is 29.5 Å². The van der Waals surface area contributed by atoms with Crippen LogP contribution < -0.4 is 4.74 Å². The summed E-state index contributed by atoms with van der Waals surface area (Å²) in [6.45, 7) is 4.42. The molecule has 0 aliphatic carbocycles. The SMILES string of the molecule is CN(C)Cc1cncc(-c2ccc3[nH]nc(-c4cc5c(-c6cc(F)cc(OCCN7CCCC7)c6)ccnc5[nH]4)c3c2)c1. The molecule has 0 atom stereocenters. The molecular formula is C34H34FN7O. The molecule has 1 aliphatic rings. The molecule has 2 aromatic carbocycles. The summed E-state index contributed by atoms with van der Waals surface area (Å²) in [7, 11) is 4.10. The average Bonchev–Trinajstić information content (AvgIpc) is 3.76. The van der Waals surface area contributed by atoms with Crippen LogP contribution in [0.3, 0.4) is 0 Å². The van der Waals surface area contributed by atoms with Crippen molar-refractivity contribution in [3.8, 4) is 39.4 Å². The van der Waals surface area contributed by atoms with Crippen LogP contribution in [-0.2, 0) is 6.54 Å². The normalized spacial score (nSPS) is 14.0. The maximum absolute atomic E-state index is 14.8. The molecule has 0 spiro atoms. The van der Waals surface area contributed by atoms with E-state index in [0.29, 0.717) is 18.0 Å². The van der Waals surface area contributed by atoms with E-state index in [2.05, 4.69) is 67.2 Å². The van der Waals surface area contributed by atoms with Crippen LogP contribution in [0.5, 0.6) is 5.75 Å². The zero-order valence-electron chi connectivity index (χ0n) is 24.4. The van der Waals surface area contributed by atoms with Gasteiger partial charge in [-0.3, -0.25) is 15.0 Å². The molecule has 1 saturated heterocycles. The molecule has 4 aromatic heterocycles. The Balaban J connectivity index is 1.21. The molecular weight excluding hydrogens is 541 g/mol. The van der Waals surface area contributed by atoms with Crippen molar-refractivity contribution in [3.05, 3.63) is 84.6 Å². The van der Waals surface area contributed by atoms with Crippen molar-refractivity contribution in [1.82, 2.24) is 34.9 Å². The summed E-state index contributed by atoms with van der Waals surface area (Å²) in [5.41, 5.74) is 8.16. The highest BCUT2D eigenvalue weighted by Gasteiger charge is 2.17. The first kappa shape index (κ1) is 27.2. The number of likely N-dealkylation sites (tertiary alicyclic amines) is 1. The monoisotopic (exact) mass is 575 g/mol. The van der Waals surface area contributed by atoms with Crippen LogP contribution in [-0.4, -0.2) is 75.3 Å². The van der Waals surface area contributed by atoms with E-state index in [0.717, 1.165) is 81.7 Å². The average molecular weight is 576 g/mol. The molecule has 0 amide bonds. The minimum Gasteiger partial charge on any atom is -0.492 e. The Kier molecular flexibility index (Phi) is 7.34. The summed E-state index contributed by atoms with van der Waals surface area (Å²) in [5.74, 6) is 0.203. The van der Waals surface area contributed by atoms with Crippen LogP contribution in [0.2, 0.25) is 0 Å². The number of fused-ring (bicyclic) bond motifs is 2. The van der Waals surface area contributed by atoms with Crippen molar-refractivity contribution in [2.24, 2.45) is 0 Å². The molecule has 0 saturated carbocycles. The summed E-state index contributed by atoms with van der Waals surface area (Å²) in [4.78, 5) is 17.0. The molecule has 0 radical (unpaired) electrons. The lowest BCUT2D eigenvalue weighted by Gasteiger charge is -2.15. The van der Waals surface area contributed by atoms with E-state index in [1.807, 2.05) is 36.7 Å². The molecule has 7 rings (SSSR count). The molecule has 1 aliphatic heterocycles. The van der Waals surface area contributed by atoms with Gasteiger partial charge in [-0.1, -0.05) is 6.07 Å². The van der Waals surface area contributed by atoms with Gasteiger partial charge in [0.05, 0.1) is 11.2 Å². The number of hydrogen-bond acceptors (Lipinski definition) is 6. The number of aromatic nitrogens is 5. The Morgan fingerprint density at radius 3 is 2.67 bits per heavy atom. The standard InChI is InChI=1S/C34H34FN7O/c1-41(2)21-22-13-25(20-36-19-22)23-5-6-31-30(16-23)33(40-39-31)32-18-29-28(7-8-37-34(29)38-32)24-14-26(35)17-27(15-24)43-12-11-42-9-3-4-10-42/h5-8,13-20H,3-4,9-12,21H2,1-2H3,(H,37,38)(H,39,40). The van der Waals surface area contributed by atoms with Crippen LogP contribution in [0.4, 0.5) is 4.39 Å². The van der Waals surface area contributed by atoms with E-state index >= 15 is 0 Å². The van der Waals surface area contributed by atoms with Gasteiger partial charge in [-0.05, 0) is 105 Å². The first-order valence-electron chi connectivity index (χ1n) is 14.7. The van der Waals surface area contributed by atoms with Gasteiger partial charge in [-0.25, -0.2) is 9.37 Å². The maximum Gasteiger partial charge on any atom is 0.138 e. The van der Waals surface area contributed by atoms with Crippen LogP contribution in [0.25, 0.3) is 55.6 Å². The van der Waals surface area contributed by atoms with Gasteiger partial charge in [0.25, 0.3) is 0 Å². The lowest BCUT2D eigenvalue weighted by atomic mass is 10.0. The highest BCUT2D eigenvalue weighted by atomic mass is 19.1. The Morgan fingerprint density at radius 1 is 0.930 bits per heavy atom. The second-order valence-corrected chi connectivity index (χ2v) is 11.5. The Hall–Kier alpha value is -4.60. The molecule has 8 nitrogen and oxygen atoms in total. The van der Waals surface area contributed by atoms with Crippen LogP contribution in [0.1, 0.15) is 18.4 Å². The van der Waals surface area contributed by atoms with E-state index in [9.17, 15) is 4.39 Å². The van der Waals surface area contributed by atoms with E-state index in [1.54, 1.807) is 12.3 Å². The van der Waals surface area contributed by atoms with Crippen LogP contribution >= 0.6 is 0 Å². The third-order valence-corrected chi connectivity index (χ3v) is 8.03. The van der Waals surface area contributed by atoms with Gasteiger partial charge in [0.2, 0.25) is 0 Å². The summed E-state index contributed by atoms with van der Waals surface area (Å²) >= 11 is 0. The second kappa shape index (κ2) is 11.6. The van der Waals surface area contributed by atoms with Crippen molar-refractivity contribution in [1.29, 1.82) is 0 Å². The molecule has 0 bridgehead atoms. The smallest absolute Gasteiger partial charge is 0.138 e.